The lowest BCUT2D eigenvalue weighted by atomic mass is 9.97. The predicted octanol–water partition coefficient (Wildman–Crippen LogP) is 2.60. The summed E-state index contributed by atoms with van der Waals surface area (Å²) in [5.41, 5.74) is 3.08. The smallest absolute Gasteiger partial charge is 0.227 e. The van der Waals surface area contributed by atoms with E-state index in [1.165, 1.54) is 29.8 Å². The fourth-order valence-electron chi connectivity index (χ4n) is 3.78. The molecule has 144 valence electrons. The molecule has 3 rings (SSSR count). The summed E-state index contributed by atoms with van der Waals surface area (Å²) in [6.07, 6.45) is 6.09. The van der Waals surface area contributed by atoms with Gasteiger partial charge in [0.2, 0.25) is 15.9 Å². The minimum Gasteiger partial charge on any atom is -0.371 e. The molecule has 0 unspecified atom stereocenters. The number of amides is 1. The van der Waals surface area contributed by atoms with Gasteiger partial charge in [-0.05, 0) is 56.7 Å². The number of aryl methyl sites for hydroxylation is 1. The molecule has 0 spiro atoms. The Hall–Kier alpha value is -1.60. The van der Waals surface area contributed by atoms with Crippen LogP contribution in [0.3, 0.4) is 0 Å². The first kappa shape index (κ1) is 19.2. The van der Waals surface area contributed by atoms with Gasteiger partial charge in [-0.3, -0.25) is 4.79 Å². The third-order valence-corrected chi connectivity index (χ3v) is 6.80. The Bertz CT molecular complexity index is 749. The van der Waals surface area contributed by atoms with Crippen LogP contribution in [-0.4, -0.2) is 51.1 Å². The number of nitrogens with zero attached hydrogens (tertiary/aromatic N) is 2. The van der Waals surface area contributed by atoms with E-state index in [-0.39, 0.29) is 11.8 Å². The van der Waals surface area contributed by atoms with Crippen LogP contribution in [0.25, 0.3) is 0 Å². The molecule has 0 bridgehead atoms. The number of hydrogen-bond donors (Lipinski definition) is 1. The summed E-state index contributed by atoms with van der Waals surface area (Å²) in [5.74, 6) is -0.136. The Kier molecular flexibility index (Phi) is 5.87. The summed E-state index contributed by atoms with van der Waals surface area (Å²) >= 11 is 0. The van der Waals surface area contributed by atoms with Crippen LogP contribution in [0.15, 0.2) is 18.2 Å². The highest BCUT2D eigenvalue weighted by molar-refractivity contribution is 7.88. The Morgan fingerprint density at radius 1 is 1.08 bits per heavy atom. The molecule has 2 fully saturated rings. The summed E-state index contributed by atoms with van der Waals surface area (Å²) < 4.78 is 24.7. The highest BCUT2D eigenvalue weighted by Crippen LogP contribution is 2.27. The van der Waals surface area contributed by atoms with E-state index < -0.39 is 10.0 Å². The summed E-state index contributed by atoms with van der Waals surface area (Å²) in [6, 6.07) is 6.26. The summed E-state index contributed by atoms with van der Waals surface area (Å²) in [7, 11) is -3.16. The quantitative estimate of drug-likeness (QED) is 0.873. The molecule has 0 aromatic heterocycles. The summed E-state index contributed by atoms with van der Waals surface area (Å²) in [4.78, 5) is 15.0. The van der Waals surface area contributed by atoms with Gasteiger partial charge in [0, 0.05) is 43.5 Å². The van der Waals surface area contributed by atoms with E-state index in [0.717, 1.165) is 30.0 Å². The van der Waals surface area contributed by atoms with Crippen LogP contribution in [0.1, 0.15) is 37.7 Å². The molecule has 2 saturated heterocycles. The highest BCUT2D eigenvalue weighted by Gasteiger charge is 2.29. The van der Waals surface area contributed by atoms with Gasteiger partial charge in [-0.1, -0.05) is 6.07 Å². The maximum absolute atomic E-state index is 12.7. The van der Waals surface area contributed by atoms with Crippen molar-refractivity contribution in [2.75, 3.05) is 42.7 Å². The molecule has 6 nitrogen and oxygen atoms in total. The van der Waals surface area contributed by atoms with Gasteiger partial charge in [-0.25, -0.2) is 12.7 Å². The molecule has 0 atom stereocenters. The molecule has 2 aliphatic heterocycles. The van der Waals surface area contributed by atoms with E-state index in [0.29, 0.717) is 25.9 Å². The lowest BCUT2D eigenvalue weighted by Gasteiger charge is -2.30. The summed E-state index contributed by atoms with van der Waals surface area (Å²) in [6.45, 7) is 4.98. The van der Waals surface area contributed by atoms with Gasteiger partial charge < -0.3 is 10.2 Å². The molecule has 1 aromatic carbocycles. The first-order valence-electron chi connectivity index (χ1n) is 9.46. The maximum Gasteiger partial charge on any atom is 0.227 e. The number of piperidine rings is 2. The zero-order valence-electron chi connectivity index (χ0n) is 15.7. The largest absolute Gasteiger partial charge is 0.371 e. The van der Waals surface area contributed by atoms with Crippen LogP contribution in [0, 0.1) is 12.8 Å². The molecule has 26 heavy (non-hydrogen) atoms. The first-order valence-corrected chi connectivity index (χ1v) is 11.3. The van der Waals surface area contributed by atoms with Crippen molar-refractivity contribution in [3.8, 4) is 0 Å². The predicted molar refractivity (Wildman–Crippen MR) is 105 cm³/mol. The van der Waals surface area contributed by atoms with Gasteiger partial charge in [0.15, 0.2) is 0 Å². The van der Waals surface area contributed by atoms with Crippen molar-refractivity contribution in [2.45, 2.75) is 39.0 Å². The zero-order chi connectivity index (χ0) is 18.7. The minimum atomic E-state index is -3.16. The lowest BCUT2D eigenvalue weighted by molar-refractivity contribution is -0.120. The van der Waals surface area contributed by atoms with Gasteiger partial charge >= 0.3 is 0 Å². The second-order valence-electron chi connectivity index (χ2n) is 7.47. The second-order valence-corrected chi connectivity index (χ2v) is 9.45. The SMILES string of the molecule is Cc1ccc(N2CCCCC2)cc1NC(=O)C1CCN(S(C)(=O)=O)CC1. The number of carbonyl (C=O) groups excluding carboxylic acids is 1. The Morgan fingerprint density at radius 2 is 1.73 bits per heavy atom. The van der Waals surface area contributed by atoms with E-state index >= 15 is 0 Å². The number of sulfonamides is 1. The number of benzene rings is 1. The first-order chi connectivity index (χ1) is 12.3. The third kappa shape index (κ3) is 4.57. The molecule has 2 aliphatic rings. The molecule has 0 aliphatic carbocycles. The fourth-order valence-corrected chi connectivity index (χ4v) is 4.65. The van der Waals surface area contributed by atoms with Crippen LogP contribution in [0.5, 0.6) is 0 Å². The van der Waals surface area contributed by atoms with E-state index in [1.807, 2.05) is 6.92 Å². The Labute approximate surface area is 156 Å². The van der Waals surface area contributed by atoms with Gasteiger partial charge in [-0.15, -0.1) is 0 Å². The molecule has 0 saturated carbocycles. The van der Waals surface area contributed by atoms with Crippen molar-refractivity contribution in [1.82, 2.24) is 4.31 Å². The normalized spacial score (nSPS) is 20.2. The number of rotatable bonds is 4. The van der Waals surface area contributed by atoms with E-state index in [2.05, 4.69) is 28.4 Å². The van der Waals surface area contributed by atoms with Crippen LogP contribution in [-0.2, 0) is 14.8 Å². The van der Waals surface area contributed by atoms with E-state index in [1.54, 1.807) is 0 Å². The van der Waals surface area contributed by atoms with Gasteiger partial charge in [0.1, 0.15) is 0 Å². The highest BCUT2D eigenvalue weighted by atomic mass is 32.2. The Morgan fingerprint density at radius 3 is 2.35 bits per heavy atom. The zero-order valence-corrected chi connectivity index (χ0v) is 16.5. The van der Waals surface area contributed by atoms with Gasteiger partial charge in [0.25, 0.3) is 0 Å². The second kappa shape index (κ2) is 7.96. The molecule has 1 N–H and O–H groups in total. The van der Waals surface area contributed by atoms with Crippen LogP contribution >= 0.6 is 0 Å². The molecular weight excluding hydrogens is 350 g/mol. The standard InChI is InChI=1S/C19H29N3O3S/c1-15-6-7-17(21-10-4-3-5-11-21)14-18(15)20-19(23)16-8-12-22(13-9-16)26(2,24)25/h6-7,14,16H,3-5,8-13H2,1-2H3,(H,20,23). The van der Waals surface area contributed by atoms with Crippen LogP contribution in [0.4, 0.5) is 11.4 Å². The molecule has 7 heteroatoms. The maximum atomic E-state index is 12.7. The monoisotopic (exact) mass is 379 g/mol. The average Bonchev–Trinajstić information content (AvgIpc) is 2.63. The number of carbonyl (C=O) groups is 1. The molecule has 1 aromatic rings. The number of nitrogens with one attached hydrogen (secondary N) is 1. The van der Waals surface area contributed by atoms with Crippen molar-refractivity contribution in [3.05, 3.63) is 23.8 Å². The molecular formula is C19H29N3O3S. The summed E-state index contributed by atoms with van der Waals surface area (Å²) in [5, 5.41) is 3.08. The number of hydrogen-bond acceptors (Lipinski definition) is 4. The van der Waals surface area contributed by atoms with Gasteiger partial charge in [-0.2, -0.15) is 0 Å². The van der Waals surface area contributed by atoms with E-state index in [4.69, 9.17) is 0 Å². The topological polar surface area (TPSA) is 69.7 Å². The van der Waals surface area contributed by atoms with Crippen molar-refractivity contribution in [1.29, 1.82) is 0 Å². The molecule has 0 radical (unpaired) electrons. The Balaban J connectivity index is 1.64. The van der Waals surface area contributed by atoms with Crippen molar-refractivity contribution < 1.29 is 13.2 Å². The van der Waals surface area contributed by atoms with Crippen molar-refractivity contribution >= 4 is 27.3 Å². The third-order valence-electron chi connectivity index (χ3n) is 5.49. The van der Waals surface area contributed by atoms with Crippen molar-refractivity contribution in [3.63, 3.8) is 0 Å². The van der Waals surface area contributed by atoms with E-state index in [9.17, 15) is 13.2 Å². The van der Waals surface area contributed by atoms with Crippen LogP contribution in [0.2, 0.25) is 0 Å². The lowest BCUT2D eigenvalue weighted by Crippen LogP contribution is -2.41. The minimum absolute atomic E-state index is 0.00274. The number of anilines is 2. The molecule has 1 amide bonds. The van der Waals surface area contributed by atoms with Crippen LogP contribution < -0.4 is 10.2 Å². The van der Waals surface area contributed by atoms with Crippen molar-refractivity contribution in [2.24, 2.45) is 5.92 Å². The average molecular weight is 380 g/mol. The molecule has 2 heterocycles. The van der Waals surface area contributed by atoms with Gasteiger partial charge in [0.05, 0.1) is 6.26 Å². The fraction of sp³-hybridized carbons (Fsp3) is 0.632.